The van der Waals surface area contributed by atoms with Crippen molar-refractivity contribution >= 4 is 5.97 Å². The molecule has 1 saturated heterocycles. The molecule has 1 rings (SSSR count). The third kappa shape index (κ3) is 5.33. The minimum Gasteiger partial charge on any atom is -0.480 e. The van der Waals surface area contributed by atoms with Crippen molar-refractivity contribution in [1.29, 1.82) is 0 Å². The van der Waals surface area contributed by atoms with E-state index in [4.69, 9.17) is 5.11 Å². The van der Waals surface area contributed by atoms with Crippen LogP contribution >= 0.6 is 0 Å². The zero-order chi connectivity index (χ0) is 13.8. The highest BCUT2D eigenvalue weighted by atomic mass is 16.4. The van der Waals surface area contributed by atoms with Gasteiger partial charge in [0.25, 0.3) is 0 Å². The molecule has 18 heavy (non-hydrogen) atoms. The molecule has 106 valence electrons. The SMILES string of the molecule is CN1CCN(CCN(CC(=O)O)C(C)(C)C)CC1. The number of carbonyl (C=O) groups is 1. The van der Waals surface area contributed by atoms with E-state index >= 15 is 0 Å². The molecule has 0 atom stereocenters. The standard InChI is InChI=1S/C13H27N3O2/c1-13(2,3)16(11-12(17)18)10-9-15-7-5-14(4)6-8-15/h5-11H2,1-4H3,(H,17,18). The molecular weight excluding hydrogens is 230 g/mol. The molecule has 0 radical (unpaired) electrons. The van der Waals surface area contributed by atoms with Crippen LogP contribution in [0.3, 0.4) is 0 Å². The summed E-state index contributed by atoms with van der Waals surface area (Å²) in [6.07, 6.45) is 0. The van der Waals surface area contributed by atoms with Gasteiger partial charge in [0.05, 0.1) is 6.54 Å². The Bertz CT molecular complexity index is 268. The highest BCUT2D eigenvalue weighted by molar-refractivity contribution is 5.69. The van der Waals surface area contributed by atoms with Crippen LogP contribution in [0.25, 0.3) is 0 Å². The van der Waals surface area contributed by atoms with Gasteiger partial charge in [0.1, 0.15) is 0 Å². The Morgan fingerprint density at radius 1 is 1.22 bits per heavy atom. The summed E-state index contributed by atoms with van der Waals surface area (Å²) in [5.41, 5.74) is -0.0923. The van der Waals surface area contributed by atoms with Gasteiger partial charge in [-0.2, -0.15) is 0 Å². The molecule has 1 aliphatic heterocycles. The van der Waals surface area contributed by atoms with E-state index < -0.39 is 5.97 Å². The van der Waals surface area contributed by atoms with Crippen LogP contribution < -0.4 is 0 Å². The lowest BCUT2D eigenvalue weighted by Gasteiger charge is -2.38. The first-order valence-electron chi connectivity index (χ1n) is 6.67. The second-order valence-electron chi connectivity index (χ2n) is 6.13. The molecule has 1 N–H and O–H groups in total. The molecule has 0 aromatic carbocycles. The van der Waals surface area contributed by atoms with Crippen LogP contribution in [0.15, 0.2) is 0 Å². The topological polar surface area (TPSA) is 47.0 Å². The van der Waals surface area contributed by atoms with Gasteiger partial charge in [-0.1, -0.05) is 0 Å². The highest BCUT2D eigenvalue weighted by Gasteiger charge is 2.24. The third-order valence-electron chi connectivity index (χ3n) is 3.56. The Morgan fingerprint density at radius 3 is 2.22 bits per heavy atom. The van der Waals surface area contributed by atoms with Crippen LogP contribution in [-0.4, -0.2) is 84.2 Å². The summed E-state index contributed by atoms with van der Waals surface area (Å²) in [5.74, 6) is -0.747. The zero-order valence-electron chi connectivity index (χ0n) is 12.1. The molecule has 0 aromatic rings. The van der Waals surface area contributed by atoms with E-state index in [2.05, 4.69) is 37.6 Å². The zero-order valence-corrected chi connectivity index (χ0v) is 12.1. The van der Waals surface area contributed by atoms with Crippen molar-refractivity contribution in [3.8, 4) is 0 Å². The van der Waals surface area contributed by atoms with Crippen molar-refractivity contribution < 1.29 is 9.90 Å². The first-order valence-corrected chi connectivity index (χ1v) is 6.67. The van der Waals surface area contributed by atoms with E-state index in [1.807, 2.05) is 4.90 Å². The van der Waals surface area contributed by atoms with E-state index in [9.17, 15) is 4.79 Å². The molecule has 1 aliphatic rings. The van der Waals surface area contributed by atoms with E-state index in [0.29, 0.717) is 0 Å². The van der Waals surface area contributed by atoms with Gasteiger partial charge < -0.3 is 10.0 Å². The second kappa shape index (κ2) is 6.50. The lowest BCUT2D eigenvalue weighted by atomic mass is 10.1. The van der Waals surface area contributed by atoms with Crippen molar-refractivity contribution in [3.63, 3.8) is 0 Å². The van der Waals surface area contributed by atoms with Crippen molar-refractivity contribution in [2.75, 3.05) is 52.9 Å². The lowest BCUT2D eigenvalue weighted by molar-refractivity contribution is -0.139. The molecule has 0 aliphatic carbocycles. The number of likely N-dealkylation sites (N-methyl/N-ethyl adjacent to an activating group) is 1. The maximum Gasteiger partial charge on any atom is 0.317 e. The minimum atomic E-state index is -0.747. The van der Waals surface area contributed by atoms with Crippen LogP contribution in [-0.2, 0) is 4.79 Å². The summed E-state index contributed by atoms with van der Waals surface area (Å²) >= 11 is 0. The summed E-state index contributed by atoms with van der Waals surface area (Å²) in [6.45, 7) is 12.5. The van der Waals surface area contributed by atoms with E-state index in [-0.39, 0.29) is 12.1 Å². The average molecular weight is 257 g/mol. The second-order valence-corrected chi connectivity index (χ2v) is 6.13. The Kier molecular flexibility index (Phi) is 5.56. The number of piperazine rings is 1. The number of hydrogen-bond donors (Lipinski definition) is 1. The average Bonchev–Trinajstić information content (AvgIpc) is 2.24. The van der Waals surface area contributed by atoms with Gasteiger partial charge >= 0.3 is 5.97 Å². The predicted molar refractivity (Wildman–Crippen MR) is 72.9 cm³/mol. The maximum atomic E-state index is 10.9. The van der Waals surface area contributed by atoms with E-state index in [1.54, 1.807) is 0 Å². The highest BCUT2D eigenvalue weighted by Crippen LogP contribution is 2.12. The van der Waals surface area contributed by atoms with Crippen LogP contribution in [0.2, 0.25) is 0 Å². The molecular formula is C13H27N3O2. The van der Waals surface area contributed by atoms with Gasteiger partial charge in [0, 0.05) is 44.8 Å². The maximum absolute atomic E-state index is 10.9. The molecule has 0 unspecified atom stereocenters. The summed E-state index contributed by atoms with van der Waals surface area (Å²) in [5, 5.41) is 8.96. The fourth-order valence-corrected chi connectivity index (χ4v) is 2.15. The van der Waals surface area contributed by atoms with E-state index in [0.717, 1.165) is 39.3 Å². The fourth-order valence-electron chi connectivity index (χ4n) is 2.15. The molecule has 1 fully saturated rings. The van der Waals surface area contributed by atoms with Crippen LogP contribution in [0.5, 0.6) is 0 Å². The molecule has 0 aromatic heterocycles. The van der Waals surface area contributed by atoms with Crippen molar-refractivity contribution in [1.82, 2.24) is 14.7 Å². The Labute approximate surface area is 110 Å². The fraction of sp³-hybridized carbons (Fsp3) is 0.923. The Hall–Kier alpha value is -0.650. The molecule has 5 heteroatoms. The first-order chi connectivity index (χ1) is 8.29. The van der Waals surface area contributed by atoms with Gasteiger partial charge in [-0.05, 0) is 27.8 Å². The van der Waals surface area contributed by atoms with Gasteiger partial charge in [0.2, 0.25) is 0 Å². The summed E-state index contributed by atoms with van der Waals surface area (Å²) in [7, 11) is 2.14. The molecule has 0 amide bonds. The summed E-state index contributed by atoms with van der Waals surface area (Å²) in [4.78, 5) is 17.7. The molecule has 0 spiro atoms. The molecule has 0 bridgehead atoms. The smallest absolute Gasteiger partial charge is 0.317 e. The number of carboxylic acids is 1. The van der Waals surface area contributed by atoms with Gasteiger partial charge in [0.15, 0.2) is 0 Å². The van der Waals surface area contributed by atoms with Crippen molar-refractivity contribution in [3.05, 3.63) is 0 Å². The van der Waals surface area contributed by atoms with Gasteiger partial charge in [-0.25, -0.2) is 0 Å². The largest absolute Gasteiger partial charge is 0.480 e. The first kappa shape index (κ1) is 15.4. The number of carboxylic acid groups (broad SMARTS) is 1. The summed E-state index contributed by atoms with van der Waals surface area (Å²) in [6, 6.07) is 0. The monoisotopic (exact) mass is 257 g/mol. The lowest BCUT2D eigenvalue weighted by Crippen LogP contribution is -2.51. The quantitative estimate of drug-likeness (QED) is 0.773. The van der Waals surface area contributed by atoms with Crippen LogP contribution in [0.1, 0.15) is 20.8 Å². The Balaban J connectivity index is 2.39. The van der Waals surface area contributed by atoms with Crippen molar-refractivity contribution in [2.45, 2.75) is 26.3 Å². The van der Waals surface area contributed by atoms with Crippen molar-refractivity contribution in [2.24, 2.45) is 0 Å². The Morgan fingerprint density at radius 2 is 1.78 bits per heavy atom. The normalized spacial score (nSPS) is 19.4. The van der Waals surface area contributed by atoms with Gasteiger partial charge in [-0.3, -0.25) is 14.6 Å². The minimum absolute atomic E-state index is 0.0923. The number of rotatable bonds is 5. The van der Waals surface area contributed by atoms with E-state index in [1.165, 1.54) is 0 Å². The third-order valence-corrected chi connectivity index (χ3v) is 3.56. The molecule has 1 heterocycles. The number of nitrogens with zero attached hydrogens (tertiary/aromatic N) is 3. The molecule has 5 nitrogen and oxygen atoms in total. The number of aliphatic carboxylic acids is 1. The van der Waals surface area contributed by atoms with Gasteiger partial charge in [-0.15, -0.1) is 0 Å². The van der Waals surface area contributed by atoms with Crippen LogP contribution in [0, 0.1) is 0 Å². The number of hydrogen-bond acceptors (Lipinski definition) is 4. The summed E-state index contributed by atoms with van der Waals surface area (Å²) < 4.78 is 0. The van der Waals surface area contributed by atoms with Crippen LogP contribution in [0.4, 0.5) is 0 Å². The molecule has 0 saturated carbocycles. The predicted octanol–water partition coefficient (Wildman–Crippen LogP) is 0.419.